The number of hydrogen-bond acceptors (Lipinski definition) is 4. The van der Waals surface area contributed by atoms with Crippen LogP contribution < -0.4 is 10.5 Å². The number of aryl methyl sites for hydroxylation is 1. The molecule has 0 unspecified atom stereocenters. The molecule has 0 saturated carbocycles. The summed E-state index contributed by atoms with van der Waals surface area (Å²) in [5.41, 5.74) is 7.61. The highest BCUT2D eigenvalue weighted by Crippen LogP contribution is 2.09. The fraction of sp³-hybridized carbons (Fsp3) is 0.222. The van der Waals surface area contributed by atoms with Crippen molar-refractivity contribution in [1.29, 1.82) is 0 Å². The second-order valence-electron chi connectivity index (χ2n) is 5.07. The summed E-state index contributed by atoms with van der Waals surface area (Å²) in [6.45, 7) is 2.42. The number of benzene rings is 2. The Morgan fingerprint density at radius 1 is 1.09 bits per heavy atom. The molecule has 0 aliphatic rings. The Morgan fingerprint density at radius 2 is 1.78 bits per heavy atom. The average molecular weight is 312 g/mol. The molecule has 5 heteroatoms. The second-order valence-corrected chi connectivity index (χ2v) is 5.07. The van der Waals surface area contributed by atoms with Gasteiger partial charge in [-0.2, -0.15) is 0 Å². The minimum atomic E-state index is -0.434. The van der Waals surface area contributed by atoms with Crippen molar-refractivity contribution in [3.63, 3.8) is 0 Å². The van der Waals surface area contributed by atoms with E-state index in [-0.39, 0.29) is 12.3 Å². The summed E-state index contributed by atoms with van der Waals surface area (Å²) in [7, 11) is 0. The van der Waals surface area contributed by atoms with E-state index in [9.17, 15) is 4.79 Å². The van der Waals surface area contributed by atoms with Crippen LogP contribution >= 0.6 is 0 Å². The molecular formula is C18H20N2O3. The van der Waals surface area contributed by atoms with Crippen LogP contribution in [0.2, 0.25) is 0 Å². The molecule has 2 N–H and O–H groups in total. The van der Waals surface area contributed by atoms with Gasteiger partial charge in [-0.25, -0.2) is 4.79 Å². The summed E-state index contributed by atoms with van der Waals surface area (Å²) in [6, 6.07) is 16.9. The minimum absolute atomic E-state index is 0.180. The number of ether oxygens (including phenoxy) is 1. The summed E-state index contributed by atoms with van der Waals surface area (Å²) >= 11 is 0. The Hall–Kier alpha value is -2.82. The fourth-order valence-electron chi connectivity index (χ4n) is 1.85. The third-order valence-electron chi connectivity index (χ3n) is 3.13. The predicted octanol–water partition coefficient (Wildman–Crippen LogP) is 3.02. The highest BCUT2D eigenvalue weighted by molar-refractivity contribution is 5.97. The lowest BCUT2D eigenvalue weighted by Crippen LogP contribution is -2.15. The summed E-state index contributed by atoms with van der Waals surface area (Å²) < 4.78 is 5.49. The number of rotatable bonds is 7. The van der Waals surface area contributed by atoms with E-state index in [1.807, 2.05) is 61.5 Å². The summed E-state index contributed by atoms with van der Waals surface area (Å²) in [4.78, 5) is 16.4. The SMILES string of the molecule is Cc1ccc(/C(N)=N\OC(=O)CCCOc2ccccc2)cc1. The van der Waals surface area contributed by atoms with E-state index in [1.54, 1.807) is 0 Å². The standard InChI is InChI=1S/C18H20N2O3/c1-14-9-11-15(12-10-14)18(19)20-23-17(21)8-5-13-22-16-6-3-2-4-7-16/h2-4,6-7,9-12H,5,8,13H2,1H3,(H2,19,20). The number of oxime groups is 1. The van der Waals surface area contributed by atoms with E-state index >= 15 is 0 Å². The van der Waals surface area contributed by atoms with E-state index < -0.39 is 5.97 Å². The highest BCUT2D eigenvalue weighted by atomic mass is 16.7. The number of amidine groups is 1. The van der Waals surface area contributed by atoms with E-state index in [1.165, 1.54) is 0 Å². The molecule has 2 rings (SSSR count). The van der Waals surface area contributed by atoms with Crippen molar-refractivity contribution in [2.75, 3.05) is 6.61 Å². The number of carbonyl (C=O) groups is 1. The van der Waals surface area contributed by atoms with Crippen LogP contribution in [0.15, 0.2) is 59.8 Å². The molecule has 0 amide bonds. The van der Waals surface area contributed by atoms with Gasteiger partial charge in [-0.15, -0.1) is 0 Å². The van der Waals surface area contributed by atoms with Crippen LogP contribution in [0, 0.1) is 6.92 Å². The van der Waals surface area contributed by atoms with Crippen molar-refractivity contribution < 1.29 is 14.4 Å². The lowest BCUT2D eigenvalue weighted by molar-refractivity contribution is -0.143. The molecule has 120 valence electrons. The predicted molar refractivity (Wildman–Crippen MR) is 89.2 cm³/mol. The van der Waals surface area contributed by atoms with Gasteiger partial charge in [0, 0.05) is 5.56 Å². The van der Waals surface area contributed by atoms with Gasteiger partial charge in [-0.05, 0) is 25.5 Å². The van der Waals surface area contributed by atoms with E-state index in [0.29, 0.717) is 13.0 Å². The first-order chi connectivity index (χ1) is 11.1. The summed E-state index contributed by atoms with van der Waals surface area (Å²) in [5, 5.41) is 3.66. The van der Waals surface area contributed by atoms with Crippen molar-refractivity contribution in [2.45, 2.75) is 19.8 Å². The van der Waals surface area contributed by atoms with Crippen molar-refractivity contribution in [3.05, 3.63) is 65.7 Å². The third-order valence-corrected chi connectivity index (χ3v) is 3.13. The molecule has 0 saturated heterocycles. The molecule has 0 radical (unpaired) electrons. The van der Waals surface area contributed by atoms with Gasteiger partial charge >= 0.3 is 5.97 Å². The van der Waals surface area contributed by atoms with Gasteiger partial charge < -0.3 is 15.3 Å². The maximum absolute atomic E-state index is 11.6. The maximum Gasteiger partial charge on any atom is 0.335 e. The number of nitrogens with two attached hydrogens (primary N) is 1. The van der Waals surface area contributed by atoms with Crippen LogP contribution in [0.5, 0.6) is 5.75 Å². The van der Waals surface area contributed by atoms with Gasteiger partial charge in [0.15, 0.2) is 5.84 Å². The Bertz CT molecular complexity index is 652. The molecule has 2 aromatic rings. The monoisotopic (exact) mass is 312 g/mol. The number of para-hydroxylation sites is 1. The third kappa shape index (κ3) is 5.82. The zero-order valence-corrected chi connectivity index (χ0v) is 13.1. The Balaban J connectivity index is 1.70. The average Bonchev–Trinajstić information content (AvgIpc) is 2.58. The van der Waals surface area contributed by atoms with Crippen LogP contribution in [0.1, 0.15) is 24.0 Å². The molecule has 0 spiro atoms. The van der Waals surface area contributed by atoms with Crippen LogP contribution in [0.25, 0.3) is 0 Å². The van der Waals surface area contributed by atoms with Gasteiger partial charge in [-0.3, -0.25) is 0 Å². The quantitative estimate of drug-likeness (QED) is 0.280. The molecule has 0 bridgehead atoms. The van der Waals surface area contributed by atoms with Crippen LogP contribution in [-0.4, -0.2) is 18.4 Å². The first kappa shape index (κ1) is 16.5. The molecule has 0 fully saturated rings. The van der Waals surface area contributed by atoms with Crippen LogP contribution in [0.4, 0.5) is 0 Å². The van der Waals surface area contributed by atoms with Gasteiger partial charge in [0.1, 0.15) is 5.75 Å². The van der Waals surface area contributed by atoms with Crippen molar-refractivity contribution in [2.24, 2.45) is 10.9 Å². The summed E-state index contributed by atoms with van der Waals surface area (Å²) in [5.74, 6) is 0.526. The first-order valence-electron chi connectivity index (χ1n) is 7.43. The minimum Gasteiger partial charge on any atom is -0.494 e. The number of hydrogen-bond donors (Lipinski definition) is 1. The molecule has 2 aromatic carbocycles. The molecular weight excluding hydrogens is 292 g/mol. The molecule has 0 atom stereocenters. The zero-order valence-electron chi connectivity index (χ0n) is 13.1. The lowest BCUT2D eigenvalue weighted by Gasteiger charge is -2.05. The second kappa shape index (κ2) is 8.58. The molecule has 0 aromatic heterocycles. The van der Waals surface area contributed by atoms with Gasteiger partial charge in [-0.1, -0.05) is 53.2 Å². The largest absolute Gasteiger partial charge is 0.494 e. The lowest BCUT2D eigenvalue weighted by atomic mass is 10.1. The van der Waals surface area contributed by atoms with E-state index in [4.69, 9.17) is 15.3 Å². The number of nitrogens with zero attached hydrogens (tertiary/aromatic N) is 1. The summed E-state index contributed by atoms with van der Waals surface area (Å²) in [6.07, 6.45) is 0.769. The molecule has 0 heterocycles. The van der Waals surface area contributed by atoms with E-state index in [2.05, 4.69) is 5.16 Å². The topological polar surface area (TPSA) is 73.9 Å². The van der Waals surface area contributed by atoms with Crippen molar-refractivity contribution in [3.8, 4) is 5.75 Å². The molecule has 0 aliphatic heterocycles. The molecule has 0 aliphatic carbocycles. The zero-order chi connectivity index (χ0) is 16.5. The highest BCUT2D eigenvalue weighted by Gasteiger charge is 2.05. The fourth-order valence-corrected chi connectivity index (χ4v) is 1.85. The Kier molecular flexibility index (Phi) is 6.17. The maximum atomic E-state index is 11.6. The van der Waals surface area contributed by atoms with Gasteiger partial charge in [0.25, 0.3) is 0 Å². The molecule has 23 heavy (non-hydrogen) atoms. The Labute approximate surface area is 135 Å². The normalized spacial score (nSPS) is 11.1. The van der Waals surface area contributed by atoms with E-state index in [0.717, 1.165) is 16.9 Å². The van der Waals surface area contributed by atoms with Crippen molar-refractivity contribution in [1.82, 2.24) is 0 Å². The smallest absolute Gasteiger partial charge is 0.335 e. The van der Waals surface area contributed by atoms with Gasteiger partial charge in [0.05, 0.1) is 13.0 Å². The van der Waals surface area contributed by atoms with Gasteiger partial charge in [0.2, 0.25) is 0 Å². The van der Waals surface area contributed by atoms with Crippen LogP contribution in [0.3, 0.4) is 0 Å². The Morgan fingerprint density at radius 3 is 2.48 bits per heavy atom. The first-order valence-corrected chi connectivity index (χ1v) is 7.43. The number of carbonyl (C=O) groups excluding carboxylic acids is 1. The van der Waals surface area contributed by atoms with Crippen LogP contribution in [-0.2, 0) is 9.63 Å². The van der Waals surface area contributed by atoms with Crippen molar-refractivity contribution >= 4 is 11.8 Å². The molecule has 5 nitrogen and oxygen atoms in total.